The van der Waals surface area contributed by atoms with Crippen LogP contribution in [0.3, 0.4) is 0 Å². The van der Waals surface area contributed by atoms with Crippen LogP contribution >= 0.6 is 47.8 Å². The number of allylic oxidation sites excluding steroid dienone is 3. The molecule has 1 aromatic heterocycles. The van der Waals surface area contributed by atoms with E-state index in [4.69, 9.17) is 9.97 Å². The molecule has 2 heterocycles. The summed E-state index contributed by atoms with van der Waals surface area (Å²) in [5.41, 5.74) is 3.91. The maximum Gasteiger partial charge on any atom is 0.160 e. The van der Waals surface area contributed by atoms with Gasteiger partial charge in [-0.3, -0.25) is 0 Å². The fourth-order valence-corrected chi connectivity index (χ4v) is 4.16. The lowest BCUT2D eigenvalue weighted by molar-refractivity contribution is 1.03. The van der Waals surface area contributed by atoms with Crippen LogP contribution in [-0.2, 0) is 0 Å². The topological polar surface area (TPSA) is 25.8 Å². The van der Waals surface area contributed by atoms with E-state index < -0.39 is 0 Å². The standard InChI is InChI=1S/C21H13BBr3N2/c23-15-5-1-3-13(9-15)19-12-20(18-11-17(25)7-8-22-18)27-21(26-19)14-4-2-6-16(24)10-14/h1-12,18H. The van der Waals surface area contributed by atoms with Crippen LogP contribution < -0.4 is 0 Å². The zero-order chi connectivity index (χ0) is 18.8. The van der Waals surface area contributed by atoms with Crippen LogP contribution in [0.25, 0.3) is 22.6 Å². The first-order valence-electron chi connectivity index (χ1n) is 8.38. The number of hydrogen-bond donors (Lipinski definition) is 0. The highest BCUT2D eigenvalue weighted by Gasteiger charge is 2.17. The van der Waals surface area contributed by atoms with Gasteiger partial charge in [-0.25, -0.2) is 9.97 Å². The van der Waals surface area contributed by atoms with Gasteiger partial charge in [-0.1, -0.05) is 84.2 Å². The molecule has 0 bridgehead atoms. The van der Waals surface area contributed by atoms with Gasteiger partial charge in [0.05, 0.1) is 5.69 Å². The fourth-order valence-electron chi connectivity index (χ4n) is 2.92. The van der Waals surface area contributed by atoms with Crippen molar-refractivity contribution in [3.8, 4) is 22.6 Å². The van der Waals surface area contributed by atoms with Gasteiger partial charge >= 0.3 is 0 Å². The van der Waals surface area contributed by atoms with E-state index in [0.717, 1.165) is 41.8 Å². The molecule has 1 aliphatic heterocycles. The van der Waals surface area contributed by atoms with Gasteiger partial charge in [0.2, 0.25) is 0 Å². The molecule has 1 radical (unpaired) electrons. The van der Waals surface area contributed by atoms with Crippen LogP contribution in [0.15, 0.2) is 86.2 Å². The summed E-state index contributed by atoms with van der Waals surface area (Å²) in [6.45, 7) is 0. The fraction of sp³-hybridized carbons (Fsp3) is 0.0476. The molecule has 0 saturated heterocycles. The molecule has 0 amide bonds. The first kappa shape index (κ1) is 18.8. The van der Waals surface area contributed by atoms with E-state index in [9.17, 15) is 0 Å². The predicted molar refractivity (Wildman–Crippen MR) is 123 cm³/mol. The second-order valence-electron chi connectivity index (χ2n) is 6.15. The molecule has 2 nitrogen and oxygen atoms in total. The number of rotatable bonds is 3. The van der Waals surface area contributed by atoms with Gasteiger partial charge in [0.25, 0.3) is 0 Å². The third-order valence-corrected chi connectivity index (χ3v) is 5.72. The smallest absolute Gasteiger partial charge is 0.160 e. The van der Waals surface area contributed by atoms with Gasteiger partial charge in [-0.2, -0.15) is 0 Å². The zero-order valence-corrected chi connectivity index (χ0v) is 18.9. The van der Waals surface area contributed by atoms with E-state index in [-0.39, 0.29) is 5.82 Å². The Morgan fingerprint density at radius 1 is 0.815 bits per heavy atom. The minimum Gasteiger partial charge on any atom is -0.233 e. The van der Waals surface area contributed by atoms with Gasteiger partial charge in [0.15, 0.2) is 13.1 Å². The lowest BCUT2D eigenvalue weighted by atomic mass is 9.61. The van der Waals surface area contributed by atoms with Crippen LogP contribution in [0, 0.1) is 0 Å². The first-order chi connectivity index (χ1) is 13.1. The normalized spacial score (nSPS) is 16.0. The van der Waals surface area contributed by atoms with Gasteiger partial charge in [-0.15, -0.1) is 5.98 Å². The van der Waals surface area contributed by atoms with Crippen molar-refractivity contribution in [3.63, 3.8) is 0 Å². The van der Waals surface area contributed by atoms with Crippen molar-refractivity contribution in [2.45, 2.75) is 5.82 Å². The summed E-state index contributed by atoms with van der Waals surface area (Å²) in [7, 11) is 2.14. The lowest BCUT2D eigenvalue weighted by Gasteiger charge is -2.16. The van der Waals surface area contributed by atoms with Crippen molar-refractivity contribution < 1.29 is 0 Å². The Morgan fingerprint density at radius 2 is 1.52 bits per heavy atom. The van der Waals surface area contributed by atoms with Gasteiger partial charge in [-0.05, 0) is 36.1 Å². The number of aromatic nitrogens is 2. The summed E-state index contributed by atoms with van der Waals surface area (Å²) < 4.78 is 3.09. The summed E-state index contributed by atoms with van der Waals surface area (Å²) >= 11 is 10.7. The van der Waals surface area contributed by atoms with Crippen LogP contribution in [-0.4, -0.2) is 17.2 Å². The average molecular weight is 544 g/mol. The van der Waals surface area contributed by atoms with Gasteiger partial charge in [0.1, 0.15) is 0 Å². The summed E-state index contributed by atoms with van der Waals surface area (Å²) in [6.07, 6.45) is 4.18. The Bertz CT molecular complexity index is 999. The third kappa shape index (κ3) is 4.50. The molecule has 4 rings (SSSR count). The molecule has 0 fully saturated rings. The second-order valence-corrected chi connectivity index (χ2v) is 8.90. The summed E-state index contributed by atoms with van der Waals surface area (Å²) in [5.74, 6) is 2.87. The molecular formula is C21H13BBr3N2. The van der Waals surface area contributed by atoms with E-state index in [1.807, 2.05) is 42.5 Å². The van der Waals surface area contributed by atoms with Crippen LogP contribution in [0.4, 0.5) is 0 Å². The van der Waals surface area contributed by atoms with Crippen molar-refractivity contribution in [1.29, 1.82) is 0 Å². The highest BCUT2D eigenvalue weighted by atomic mass is 79.9. The largest absolute Gasteiger partial charge is 0.233 e. The molecule has 1 unspecified atom stereocenters. The molecule has 0 aliphatic carbocycles. The van der Waals surface area contributed by atoms with Gasteiger partial charge < -0.3 is 0 Å². The molecule has 3 aromatic rings. The van der Waals surface area contributed by atoms with E-state index in [1.54, 1.807) is 0 Å². The monoisotopic (exact) mass is 541 g/mol. The molecule has 0 spiro atoms. The van der Waals surface area contributed by atoms with Crippen LogP contribution in [0.2, 0.25) is 0 Å². The van der Waals surface area contributed by atoms with E-state index in [2.05, 4.69) is 85.3 Å². The molecule has 27 heavy (non-hydrogen) atoms. The molecule has 2 aromatic carbocycles. The minimum atomic E-state index is 0.101. The van der Waals surface area contributed by atoms with Crippen LogP contribution in [0.5, 0.6) is 0 Å². The summed E-state index contributed by atoms with van der Waals surface area (Å²) in [6, 6.07) is 18.3. The predicted octanol–water partition coefficient (Wildman–Crippen LogP) is 6.89. The molecule has 6 heteroatoms. The average Bonchev–Trinajstić information content (AvgIpc) is 2.68. The minimum absolute atomic E-state index is 0.101. The molecule has 1 atom stereocenters. The number of hydrogen-bond acceptors (Lipinski definition) is 2. The molecule has 1 aliphatic rings. The van der Waals surface area contributed by atoms with E-state index >= 15 is 0 Å². The number of benzene rings is 2. The van der Waals surface area contributed by atoms with Crippen molar-refractivity contribution in [3.05, 3.63) is 91.8 Å². The summed E-state index contributed by atoms with van der Waals surface area (Å²) in [5, 5.41) is 0. The van der Waals surface area contributed by atoms with Crippen LogP contribution in [0.1, 0.15) is 11.5 Å². The van der Waals surface area contributed by atoms with E-state index in [0.29, 0.717) is 0 Å². The Kier molecular flexibility index (Phi) is 5.76. The zero-order valence-electron chi connectivity index (χ0n) is 14.1. The highest BCUT2D eigenvalue weighted by molar-refractivity contribution is 9.12. The quantitative estimate of drug-likeness (QED) is 0.336. The Hall–Kier alpha value is -1.50. The lowest BCUT2D eigenvalue weighted by Crippen LogP contribution is -2.10. The highest BCUT2D eigenvalue weighted by Crippen LogP contribution is 2.30. The van der Waals surface area contributed by atoms with Crippen molar-refractivity contribution in [2.75, 3.05) is 0 Å². The Balaban J connectivity index is 1.87. The maximum absolute atomic E-state index is 4.88. The summed E-state index contributed by atoms with van der Waals surface area (Å²) in [4.78, 5) is 9.73. The van der Waals surface area contributed by atoms with Gasteiger partial charge in [0, 0.05) is 30.2 Å². The molecule has 131 valence electrons. The first-order valence-corrected chi connectivity index (χ1v) is 10.8. The van der Waals surface area contributed by atoms with Crippen molar-refractivity contribution in [1.82, 2.24) is 9.97 Å². The SMILES string of the molecule is BrC1=CC(c2cc(-c3cccc(Br)c3)nc(-c3cccc(Br)c3)n2)[B]C=C1. The Morgan fingerprint density at radius 3 is 2.22 bits per heavy atom. The Labute approximate surface area is 184 Å². The molecule has 0 saturated carbocycles. The van der Waals surface area contributed by atoms with E-state index in [1.165, 1.54) is 0 Å². The third-order valence-electron chi connectivity index (χ3n) is 4.20. The molecule has 0 N–H and O–H groups in total. The number of halogens is 3. The number of nitrogens with zero attached hydrogens (tertiary/aromatic N) is 2. The maximum atomic E-state index is 4.88. The molecular weight excluding hydrogens is 531 g/mol. The van der Waals surface area contributed by atoms with Crippen molar-refractivity contribution in [2.24, 2.45) is 0 Å². The van der Waals surface area contributed by atoms with Crippen molar-refractivity contribution >= 4 is 55.1 Å². The second kappa shape index (κ2) is 8.25.